The van der Waals surface area contributed by atoms with Gasteiger partial charge in [-0.15, -0.1) is 10.2 Å². The Balaban J connectivity index is 1.90. The Hall–Kier alpha value is -3.16. The third-order valence-corrected chi connectivity index (χ3v) is 7.80. The van der Waals surface area contributed by atoms with E-state index in [1.165, 1.54) is 6.07 Å². The molecule has 0 fully saturated rings. The van der Waals surface area contributed by atoms with Gasteiger partial charge in [0.1, 0.15) is 9.79 Å². The van der Waals surface area contributed by atoms with E-state index in [0.29, 0.717) is 18.7 Å². The number of tetrazole rings is 1. The first-order valence-electron chi connectivity index (χ1n) is 9.91. The van der Waals surface area contributed by atoms with Gasteiger partial charge in [0, 0.05) is 31.7 Å². The number of hydrogen-bond acceptors (Lipinski definition) is 12. The summed E-state index contributed by atoms with van der Waals surface area (Å²) in [7, 11) is -9.08. The minimum Gasteiger partial charge on any atom is -0.390 e. The standard InChI is InChI=1S/C16H23N11O5S2/c17-5-8(28)6-20-34(31,32)12-2-1-11(27-4-3-9-10(7-27)22-16(18)21-9)13(14(12)33(19,29)30)15-23-25-26-24-15/h1-2,8,20,28H,3-7,17H2,(H3,18,21,22)(H2,19,29,30)(H,23,24,25,26). The van der Waals surface area contributed by atoms with Gasteiger partial charge in [-0.05, 0) is 17.3 Å². The highest BCUT2D eigenvalue weighted by atomic mass is 32.2. The summed E-state index contributed by atoms with van der Waals surface area (Å²) in [6.07, 6.45) is -0.675. The number of H-pyrrole nitrogens is 2. The van der Waals surface area contributed by atoms with Crippen molar-refractivity contribution in [3.8, 4) is 11.4 Å². The number of aromatic nitrogens is 6. The fourth-order valence-corrected chi connectivity index (χ4v) is 6.35. The van der Waals surface area contributed by atoms with E-state index in [0.717, 1.165) is 17.5 Å². The van der Waals surface area contributed by atoms with Gasteiger partial charge in [0.25, 0.3) is 0 Å². The van der Waals surface area contributed by atoms with Crippen molar-refractivity contribution in [1.29, 1.82) is 0 Å². The lowest BCUT2D eigenvalue weighted by atomic mass is 10.1. The number of primary sulfonamides is 1. The maximum Gasteiger partial charge on any atom is 0.242 e. The van der Waals surface area contributed by atoms with Crippen LogP contribution in [0.3, 0.4) is 0 Å². The molecule has 0 radical (unpaired) electrons. The first-order chi connectivity index (χ1) is 16.0. The van der Waals surface area contributed by atoms with Crippen molar-refractivity contribution < 1.29 is 21.9 Å². The van der Waals surface area contributed by atoms with E-state index < -0.39 is 42.5 Å². The molecule has 34 heavy (non-hydrogen) atoms. The lowest BCUT2D eigenvalue weighted by Gasteiger charge is -2.30. The van der Waals surface area contributed by atoms with Gasteiger partial charge in [0.15, 0.2) is 5.95 Å². The first kappa shape index (κ1) is 24.0. The summed E-state index contributed by atoms with van der Waals surface area (Å²) in [5.74, 6) is 0.0793. The summed E-state index contributed by atoms with van der Waals surface area (Å²) in [4.78, 5) is 7.62. The number of nitrogen functional groups attached to an aromatic ring is 1. The van der Waals surface area contributed by atoms with E-state index in [4.69, 9.17) is 16.6 Å². The SMILES string of the molecule is NCC(O)CNS(=O)(=O)c1ccc(N2CCc3nc(N)[nH]c3C2)c(-c2nn[nH]n2)c1S(N)(=O)=O. The minimum atomic E-state index is -4.63. The van der Waals surface area contributed by atoms with Crippen LogP contribution >= 0.6 is 0 Å². The predicted molar refractivity (Wildman–Crippen MR) is 119 cm³/mol. The highest BCUT2D eigenvalue weighted by Gasteiger charge is 2.34. The van der Waals surface area contributed by atoms with Crippen molar-refractivity contribution >= 4 is 31.7 Å². The summed E-state index contributed by atoms with van der Waals surface area (Å²) in [6.45, 7) is 0.0612. The van der Waals surface area contributed by atoms with Crippen molar-refractivity contribution in [2.45, 2.75) is 28.9 Å². The predicted octanol–water partition coefficient (Wildman–Crippen LogP) is -3.02. The molecule has 16 nitrogen and oxygen atoms in total. The van der Waals surface area contributed by atoms with Crippen LogP contribution in [0.4, 0.5) is 11.6 Å². The number of nitrogens with one attached hydrogen (secondary N) is 3. The lowest BCUT2D eigenvalue weighted by Crippen LogP contribution is -2.37. The van der Waals surface area contributed by atoms with Crippen LogP contribution in [0.15, 0.2) is 21.9 Å². The Bertz CT molecular complexity index is 1400. The van der Waals surface area contributed by atoms with Crippen molar-refractivity contribution in [3.05, 3.63) is 23.5 Å². The number of nitrogens with zero attached hydrogens (tertiary/aromatic N) is 5. The Labute approximate surface area is 194 Å². The number of aliphatic hydroxyl groups excluding tert-OH is 1. The molecular formula is C16H23N11O5S2. The van der Waals surface area contributed by atoms with Gasteiger partial charge in [-0.2, -0.15) is 5.21 Å². The topological polar surface area (TPSA) is 265 Å². The number of hydrogen-bond donors (Lipinski definition) is 7. The fraction of sp³-hybridized carbons (Fsp3) is 0.375. The van der Waals surface area contributed by atoms with Gasteiger partial charge in [0.05, 0.1) is 29.6 Å². The fourth-order valence-electron chi connectivity index (χ4n) is 3.68. The van der Waals surface area contributed by atoms with Crippen LogP contribution < -0.4 is 26.2 Å². The molecule has 0 spiro atoms. The molecule has 1 atom stereocenters. The van der Waals surface area contributed by atoms with Gasteiger partial charge in [0.2, 0.25) is 25.9 Å². The van der Waals surface area contributed by atoms with Crippen LogP contribution in [0.1, 0.15) is 11.4 Å². The smallest absolute Gasteiger partial charge is 0.242 e. The molecule has 0 saturated heterocycles. The molecule has 18 heteroatoms. The first-order valence-corrected chi connectivity index (χ1v) is 12.9. The number of benzene rings is 1. The van der Waals surface area contributed by atoms with E-state index in [1.54, 1.807) is 4.90 Å². The molecule has 0 aliphatic carbocycles. The van der Waals surface area contributed by atoms with Gasteiger partial charge in [-0.3, -0.25) is 0 Å². The third kappa shape index (κ3) is 4.58. The van der Waals surface area contributed by atoms with Crippen LogP contribution in [0.25, 0.3) is 11.4 Å². The second kappa shape index (κ2) is 8.89. The van der Waals surface area contributed by atoms with Crippen LogP contribution in [-0.4, -0.2) is 78.3 Å². The Morgan fingerprint density at radius 1 is 1.26 bits per heavy atom. The van der Waals surface area contributed by atoms with Gasteiger partial charge in [-0.1, -0.05) is 0 Å². The quantitative estimate of drug-likeness (QED) is 0.159. The molecule has 1 unspecified atom stereocenters. The zero-order valence-corrected chi connectivity index (χ0v) is 19.3. The summed E-state index contributed by atoms with van der Waals surface area (Å²) < 4.78 is 53.6. The molecule has 0 bridgehead atoms. The Morgan fingerprint density at radius 3 is 2.68 bits per heavy atom. The molecule has 1 aliphatic heterocycles. The molecule has 184 valence electrons. The highest BCUT2D eigenvalue weighted by molar-refractivity contribution is 7.92. The van der Waals surface area contributed by atoms with Crippen LogP contribution in [0, 0.1) is 0 Å². The molecule has 10 N–H and O–H groups in total. The van der Waals surface area contributed by atoms with E-state index >= 15 is 0 Å². The number of aliphatic hydroxyl groups is 1. The second-order valence-corrected chi connectivity index (χ2v) is 10.8. The van der Waals surface area contributed by atoms with Crippen LogP contribution in [-0.2, 0) is 33.0 Å². The summed E-state index contributed by atoms with van der Waals surface area (Å²) in [6, 6.07) is 2.55. The van der Waals surface area contributed by atoms with Gasteiger partial charge >= 0.3 is 0 Å². The molecule has 1 aromatic carbocycles. The molecule has 3 heterocycles. The molecule has 1 aliphatic rings. The normalized spacial score (nSPS) is 15.3. The number of nitrogens with two attached hydrogens (primary N) is 3. The zero-order valence-electron chi connectivity index (χ0n) is 17.6. The number of anilines is 2. The second-order valence-electron chi connectivity index (χ2n) is 7.53. The highest BCUT2D eigenvalue weighted by Crippen LogP contribution is 2.39. The third-order valence-electron chi connectivity index (χ3n) is 5.21. The van der Waals surface area contributed by atoms with Crippen molar-refractivity contribution in [3.63, 3.8) is 0 Å². The van der Waals surface area contributed by atoms with Crippen LogP contribution in [0.5, 0.6) is 0 Å². The Kier molecular flexibility index (Phi) is 6.27. The summed E-state index contributed by atoms with van der Waals surface area (Å²) >= 11 is 0. The van der Waals surface area contributed by atoms with Crippen molar-refractivity contribution in [1.82, 2.24) is 35.3 Å². The molecular weight excluding hydrogens is 490 g/mol. The average molecular weight is 514 g/mol. The van der Waals surface area contributed by atoms with Gasteiger partial charge < -0.3 is 26.5 Å². The van der Waals surface area contributed by atoms with Crippen LogP contribution in [0.2, 0.25) is 0 Å². The van der Waals surface area contributed by atoms with Crippen molar-refractivity contribution in [2.75, 3.05) is 30.3 Å². The van der Waals surface area contributed by atoms with E-state index in [1.807, 2.05) is 0 Å². The number of fused-ring (bicyclic) bond motifs is 1. The molecule has 0 amide bonds. The van der Waals surface area contributed by atoms with E-state index in [2.05, 4.69) is 35.3 Å². The molecule has 2 aromatic heterocycles. The largest absolute Gasteiger partial charge is 0.390 e. The molecule has 3 aromatic rings. The summed E-state index contributed by atoms with van der Waals surface area (Å²) in [5, 5.41) is 28.6. The lowest BCUT2D eigenvalue weighted by molar-refractivity contribution is 0.186. The minimum absolute atomic E-state index is 0.144. The molecule has 4 rings (SSSR count). The monoisotopic (exact) mass is 513 g/mol. The number of aromatic amines is 2. The maximum atomic E-state index is 13.0. The van der Waals surface area contributed by atoms with E-state index in [9.17, 15) is 21.9 Å². The molecule has 0 saturated carbocycles. The van der Waals surface area contributed by atoms with Gasteiger partial charge in [-0.25, -0.2) is 31.7 Å². The number of rotatable bonds is 8. The van der Waals surface area contributed by atoms with Crippen molar-refractivity contribution in [2.24, 2.45) is 10.9 Å². The zero-order chi connectivity index (χ0) is 24.7. The number of imidazole rings is 1. The maximum absolute atomic E-state index is 13.0. The summed E-state index contributed by atoms with van der Waals surface area (Å²) in [5.41, 5.74) is 12.7. The Morgan fingerprint density at radius 2 is 2.03 bits per heavy atom. The number of sulfonamides is 2. The van der Waals surface area contributed by atoms with E-state index in [-0.39, 0.29) is 30.4 Å². The average Bonchev–Trinajstić information content (AvgIpc) is 3.44.